The van der Waals surface area contributed by atoms with Gasteiger partial charge in [0, 0.05) is 17.3 Å². The highest BCUT2D eigenvalue weighted by Crippen LogP contribution is 2.48. The summed E-state index contributed by atoms with van der Waals surface area (Å²) >= 11 is 6.46. The summed E-state index contributed by atoms with van der Waals surface area (Å²) in [5.74, 6) is -2.56. The molecular formula is C41H41ClN2O5. The van der Waals surface area contributed by atoms with E-state index in [2.05, 4.69) is 5.32 Å². The van der Waals surface area contributed by atoms with Crippen LogP contribution in [0.1, 0.15) is 50.2 Å². The van der Waals surface area contributed by atoms with Crippen LogP contribution in [0.2, 0.25) is 5.02 Å². The number of anilines is 3. The summed E-state index contributed by atoms with van der Waals surface area (Å²) in [6.45, 7) is 1.70. The van der Waals surface area contributed by atoms with Gasteiger partial charge in [-0.25, -0.2) is 0 Å². The summed E-state index contributed by atoms with van der Waals surface area (Å²) < 4.78 is 0. The van der Waals surface area contributed by atoms with Gasteiger partial charge in [-0.1, -0.05) is 79.0 Å². The average Bonchev–Trinajstić information content (AvgIpc) is 3.36. The van der Waals surface area contributed by atoms with Crippen LogP contribution in [0.4, 0.5) is 17.1 Å². The van der Waals surface area contributed by atoms with Gasteiger partial charge in [0.05, 0.1) is 35.3 Å². The summed E-state index contributed by atoms with van der Waals surface area (Å²) in [7, 11) is 0. The predicted octanol–water partition coefficient (Wildman–Crippen LogP) is 8.39. The lowest BCUT2D eigenvalue weighted by atomic mass is 9.67. The third-order valence-corrected chi connectivity index (χ3v) is 9.95. The van der Waals surface area contributed by atoms with Gasteiger partial charge in [-0.3, -0.25) is 14.5 Å². The maximum Gasteiger partial charge on any atom is 0.238 e. The number of carbonyl (C=O) groups is 2. The monoisotopic (exact) mass is 676 g/mol. The molecule has 7 nitrogen and oxygen atoms in total. The molecular weight excluding hydrogens is 636 g/mol. The third-order valence-electron chi connectivity index (χ3n) is 9.63. The first-order valence-corrected chi connectivity index (χ1v) is 17.2. The number of hydrogen-bond acceptors (Lipinski definition) is 6. The molecule has 0 unspecified atom stereocenters. The van der Waals surface area contributed by atoms with Crippen LogP contribution in [-0.2, 0) is 9.59 Å². The molecule has 1 heterocycles. The van der Waals surface area contributed by atoms with E-state index in [4.69, 9.17) is 11.6 Å². The Morgan fingerprint density at radius 3 is 2.27 bits per heavy atom. The SMILES string of the molecule is CCCC1=C([C@H](O)CC/C(=C/c2ccc(O)cc2Cl)c2ccccc2)[C@H](CO)[C@@H]2C(=O)N(c3ccc(Nc4ccccc4)cc3)C(=O)[C@@H]2C1. The van der Waals surface area contributed by atoms with Gasteiger partial charge < -0.3 is 20.6 Å². The number of halogens is 1. The van der Waals surface area contributed by atoms with E-state index in [1.807, 2.05) is 85.8 Å². The number of aliphatic hydroxyl groups is 2. The minimum atomic E-state index is -0.928. The summed E-state index contributed by atoms with van der Waals surface area (Å²) in [5.41, 5.74) is 6.54. The van der Waals surface area contributed by atoms with E-state index >= 15 is 0 Å². The molecule has 6 rings (SSSR count). The summed E-state index contributed by atoms with van der Waals surface area (Å²) in [4.78, 5) is 29.2. The molecule has 0 spiro atoms. The average molecular weight is 677 g/mol. The molecule has 4 atom stereocenters. The molecule has 4 aromatic carbocycles. The number of fused-ring (bicyclic) bond motifs is 1. The minimum Gasteiger partial charge on any atom is -0.508 e. The number of aromatic hydroxyl groups is 1. The lowest BCUT2D eigenvalue weighted by molar-refractivity contribution is -0.123. The van der Waals surface area contributed by atoms with E-state index in [1.54, 1.807) is 24.3 Å². The Labute approximate surface area is 292 Å². The summed E-state index contributed by atoms with van der Waals surface area (Å²) in [6, 6.07) is 31.6. The van der Waals surface area contributed by atoms with Crippen molar-refractivity contribution in [3.63, 3.8) is 0 Å². The first-order valence-electron chi connectivity index (χ1n) is 16.8. The fourth-order valence-electron chi connectivity index (χ4n) is 7.35. The van der Waals surface area contributed by atoms with Gasteiger partial charge in [0.1, 0.15) is 5.75 Å². The van der Waals surface area contributed by atoms with E-state index in [0.717, 1.165) is 40.1 Å². The molecule has 2 aliphatic rings. The van der Waals surface area contributed by atoms with Gasteiger partial charge in [0.2, 0.25) is 11.8 Å². The van der Waals surface area contributed by atoms with Crippen LogP contribution in [0.3, 0.4) is 0 Å². The second-order valence-corrected chi connectivity index (χ2v) is 13.2. The smallest absolute Gasteiger partial charge is 0.238 e. The molecule has 0 radical (unpaired) electrons. The molecule has 49 heavy (non-hydrogen) atoms. The van der Waals surface area contributed by atoms with Crippen LogP contribution in [0, 0.1) is 17.8 Å². The molecule has 0 bridgehead atoms. The number of phenolic OH excluding ortho intramolecular Hbond substituents is 1. The van der Waals surface area contributed by atoms with E-state index in [9.17, 15) is 24.9 Å². The van der Waals surface area contributed by atoms with Crippen molar-refractivity contribution in [1.29, 1.82) is 0 Å². The second-order valence-electron chi connectivity index (χ2n) is 12.8. The zero-order chi connectivity index (χ0) is 34.5. The highest BCUT2D eigenvalue weighted by atomic mass is 35.5. The number of para-hydroxylation sites is 1. The molecule has 4 aromatic rings. The predicted molar refractivity (Wildman–Crippen MR) is 195 cm³/mol. The van der Waals surface area contributed by atoms with Gasteiger partial charge >= 0.3 is 0 Å². The number of carbonyl (C=O) groups excluding carboxylic acids is 2. The number of nitrogens with zero attached hydrogens (tertiary/aromatic N) is 1. The molecule has 1 aliphatic carbocycles. The van der Waals surface area contributed by atoms with Crippen LogP contribution in [-0.4, -0.2) is 39.8 Å². The lowest BCUT2D eigenvalue weighted by Gasteiger charge is -2.36. The van der Waals surface area contributed by atoms with Gasteiger partial charge in [0.25, 0.3) is 0 Å². The molecule has 1 aliphatic heterocycles. The maximum atomic E-state index is 14.1. The number of allylic oxidation sites excluding steroid dienone is 2. The largest absolute Gasteiger partial charge is 0.508 e. The van der Waals surface area contributed by atoms with Crippen molar-refractivity contribution in [1.82, 2.24) is 0 Å². The minimum absolute atomic E-state index is 0.0791. The normalized spacial score (nSPS) is 20.0. The molecule has 1 saturated heterocycles. The van der Waals surface area contributed by atoms with Gasteiger partial charge in [-0.2, -0.15) is 0 Å². The fraction of sp³-hybridized carbons (Fsp3) is 0.268. The number of rotatable bonds is 12. The van der Waals surface area contributed by atoms with Crippen molar-refractivity contribution in [2.45, 2.75) is 45.1 Å². The van der Waals surface area contributed by atoms with E-state index in [-0.39, 0.29) is 24.2 Å². The molecule has 2 amide bonds. The van der Waals surface area contributed by atoms with Crippen LogP contribution in [0.15, 0.2) is 114 Å². The number of amides is 2. The van der Waals surface area contributed by atoms with Crippen LogP contribution < -0.4 is 10.2 Å². The quantitative estimate of drug-likeness (QED) is 0.0682. The topological polar surface area (TPSA) is 110 Å². The number of nitrogens with one attached hydrogen (secondary N) is 1. The van der Waals surface area contributed by atoms with Crippen molar-refractivity contribution in [2.24, 2.45) is 17.8 Å². The Balaban J connectivity index is 1.25. The molecule has 4 N–H and O–H groups in total. The van der Waals surface area contributed by atoms with Crippen molar-refractivity contribution in [2.75, 3.05) is 16.8 Å². The lowest BCUT2D eigenvalue weighted by Crippen LogP contribution is -2.39. The highest BCUT2D eigenvalue weighted by Gasteiger charge is 2.55. The van der Waals surface area contributed by atoms with Crippen LogP contribution in [0.25, 0.3) is 11.6 Å². The summed E-state index contributed by atoms with van der Waals surface area (Å²) in [6.07, 6.45) is 3.70. The third kappa shape index (κ3) is 7.35. The maximum absolute atomic E-state index is 14.1. The summed E-state index contributed by atoms with van der Waals surface area (Å²) in [5, 5.41) is 36.2. The molecule has 252 valence electrons. The van der Waals surface area contributed by atoms with Gasteiger partial charge in [-0.15, -0.1) is 0 Å². The van der Waals surface area contributed by atoms with Crippen molar-refractivity contribution in [3.8, 4) is 5.75 Å². The molecule has 8 heteroatoms. The van der Waals surface area contributed by atoms with E-state index in [1.165, 1.54) is 11.0 Å². The molecule has 0 aromatic heterocycles. The zero-order valence-electron chi connectivity index (χ0n) is 27.4. The number of benzene rings is 4. The number of hydrogen-bond donors (Lipinski definition) is 4. The number of imide groups is 1. The first kappa shape index (κ1) is 34.2. The van der Waals surface area contributed by atoms with Crippen molar-refractivity contribution < 1.29 is 24.9 Å². The Bertz CT molecular complexity index is 1860. The second kappa shape index (κ2) is 15.2. The van der Waals surface area contributed by atoms with E-state index < -0.39 is 23.9 Å². The Hall–Kier alpha value is -4.69. The fourth-order valence-corrected chi connectivity index (χ4v) is 7.58. The van der Waals surface area contributed by atoms with Crippen molar-refractivity contribution in [3.05, 3.63) is 130 Å². The first-order chi connectivity index (χ1) is 23.8. The Morgan fingerprint density at radius 2 is 1.61 bits per heavy atom. The van der Waals surface area contributed by atoms with Crippen LogP contribution >= 0.6 is 11.6 Å². The van der Waals surface area contributed by atoms with Gasteiger partial charge in [-0.05, 0) is 109 Å². The molecule has 1 fully saturated rings. The standard InChI is InChI=1S/C41H41ClN2O5/c1-2-9-29-23-34-39(41(49)44(40(34)48)32-18-16-31(17-19-32)43-30-12-7-4-8-13-30)35(25-45)38(29)37(47)21-15-27(26-10-5-3-6-11-26)22-28-14-20-33(46)24-36(28)42/h3-8,10-14,16-20,22,24,34-35,37,39,43,45-47H,2,9,15,21,23,25H2,1H3/b27-22-/t34-,35+,37-,39-/m1/s1. The van der Waals surface area contributed by atoms with E-state index in [0.29, 0.717) is 42.0 Å². The van der Waals surface area contributed by atoms with Crippen molar-refractivity contribution >= 4 is 52.1 Å². The van der Waals surface area contributed by atoms with Crippen LogP contribution in [0.5, 0.6) is 5.75 Å². The highest BCUT2D eigenvalue weighted by molar-refractivity contribution is 6.32. The Morgan fingerprint density at radius 1 is 0.939 bits per heavy atom. The Kier molecular flexibility index (Phi) is 10.6. The molecule has 0 saturated carbocycles. The number of aliphatic hydroxyl groups excluding tert-OH is 2. The van der Waals surface area contributed by atoms with Gasteiger partial charge in [0.15, 0.2) is 0 Å². The zero-order valence-corrected chi connectivity index (χ0v) is 28.2. The number of phenols is 1.